The summed E-state index contributed by atoms with van der Waals surface area (Å²) in [6.07, 6.45) is 0.892. The number of nitrogens with zero attached hydrogens (tertiary/aromatic N) is 1. The van der Waals surface area contributed by atoms with Crippen molar-refractivity contribution in [3.63, 3.8) is 0 Å². The van der Waals surface area contributed by atoms with Crippen LogP contribution in [0.2, 0.25) is 0 Å². The molecule has 0 radical (unpaired) electrons. The van der Waals surface area contributed by atoms with Crippen LogP contribution in [0.1, 0.15) is 18.5 Å². The van der Waals surface area contributed by atoms with Crippen LogP contribution in [-0.4, -0.2) is 40.1 Å². The fraction of sp³-hybridized carbons (Fsp3) is 0.412. The van der Waals surface area contributed by atoms with Gasteiger partial charge in [-0.2, -0.15) is 5.26 Å². The van der Waals surface area contributed by atoms with E-state index >= 15 is 0 Å². The smallest absolute Gasteiger partial charge is 0.263 e. The third-order valence-electron chi connectivity index (χ3n) is 3.39. The Balaban J connectivity index is 2.63. The number of methoxy groups -OCH3 is 3. The van der Waals surface area contributed by atoms with E-state index in [0.717, 1.165) is 11.3 Å². The van der Waals surface area contributed by atoms with Crippen molar-refractivity contribution in [3.8, 4) is 11.8 Å². The van der Waals surface area contributed by atoms with Crippen molar-refractivity contribution >= 4 is 5.91 Å². The predicted molar refractivity (Wildman–Crippen MR) is 89.1 cm³/mol. The van der Waals surface area contributed by atoms with Crippen molar-refractivity contribution < 1.29 is 19.0 Å². The molecule has 0 spiro atoms. The molecule has 0 aromatic heterocycles. The van der Waals surface area contributed by atoms with Crippen LogP contribution < -0.4 is 15.4 Å². The lowest BCUT2D eigenvalue weighted by atomic mass is 10.1. The van der Waals surface area contributed by atoms with Gasteiger partial charge in [-0.15, -0.1) is 0 Å². The second-order valence-corrected chi connectivity index (χ2v) is 4.95. The van der Waals surface area contributed by atoms with E-state index in [4.69, 9.17) is 19.5 Å². The number of ether oxygens (including phenoxy) is 3. The van der Waals surface area contributed by atoms with Crippen molar-refractivity contribution in [1.82, 2.24) is 10.6 Å². The molecule has 130 valence electrons. The van der Waals surface area contributed by atoms with E-state index in [2.05, 4.69) is 10.6 Å². The van der Waals surface area contributed by atoms with Gasteiger partial charge in [0.25, 0.3) is 5.91 Å². The summed E-state index contributed by atoms with van der Waals surface area (Å²) in [6.45, 7) is 2.16. The first-order valence-electron chi connectivity index (χ1n) is 7.39. The number of benzene rings is 1. The summed E-state index contributed by atoms with van der Waals surface area (Å²) in [5.41, 5.74) is 0.884. The number of carbonyl (C=O) groups is 1. The number of carbonyl (C=O) groups excluding carboxylic acids is 1. The molecule has 0 heterocycles. The molecule has 24 heavy (non-hydrogen) atoms. The van der Waals surface area contributed by atoms with Crippen molar-refractivity contribution in [2.75, 3.05) is 27.9 Å². The van der Waals surface area contributed by atoms with Crippen molar-refractivity contribution in [2.45, 2.75) is 19.3 Å². The summed E-state index contributed by atoms with van der Waals surface area (Å²) in [4.78, 5) is 12.2. The lowest BCUT2D eigenvalue weighted by Crippen LogP contribution is -2.30. The molecule has 1 amide bonds. The molecule has 1 aromatic carbocycles. The van der Waals surface area contributed by atoms with Crippen LogP contribution in [0.4, 0.5) is 0 Å². The van der Waals surface area contributed by atoms with E-state index < -0.39 is 12.2 Å². The van der Waals surface area contributed by atoms with Gasteiger partial charge in [0.2, 0.25) is 0 Å². The number of rotatable bonds is 9. The number of nitrogens with one attached hydrogen (secondary N) is 2. The van der Waals surface area contributed by atoms with Gasteiger partial charge in [-0.3, -0.25) is 4.79 Å². The first kappa shape index (κ1) is 19.5. The second-order valence-electron chi connectivity index (χ2n) is 4.95. The minimum atomic E-state index is -0.459. The SMILES string of the molecule is COc1ccc(C(C)NC(=O)/C(C#N)=C\NCC(OC)OC)cc1. The van der Waals surface area contributed by atoms with Crippen molar-refractivity contribution in [3.05, 3.63) is 41.6 Å². The molecule has 0 bridgehead atoms. The van der Waals surface area contributed by atoms with Gasteiger partial charge in [-0.1, -0.05) is 12.1 Å². The Kier molecular flexibility index (Phi) is 8.33. The Hall–Kier alpha value is -2.56. The predicted octanol–water partition coefficient (Wildman–Crippen LogP) is 1.49. The van der Waals surface area contributed by atoms with Crippen molar-refractivity contribution in [2.24, 2.45) is 0 Å². The highest BCUT2D eigenvalue weighted by atomic mass is 16.7. The highest BCUT2D eigenvalue weighted by molar-refractivity contribution is 5.97. The maximum Gasteiger partial charge on any atom is 0.263 e. The maximum atomic E-state index is 12.2. The summed E-state index contributed by atoms with van der Waals surface area (Å²) in [7, 11) is 4.61. The second kappa shape index (κ2) is 10.3. The van der Waals surface area contributed by atoms with Gasteiger partial charge in [-0.05, 0) is 24.6 Å². The maximum absolute atomic E-state index is 12.2. The monoisotopic (exact) mass is 333 g/mol. The first-order valence-corrected chi connectivity index (χ1v) is 7.39. The fourth-order valence-electron chi connectivity index (χ4n) is 1.92. The van der Waals surface area contributed by atoms with Crippen LogP contribution >= 0.6 is 0 Å². The average molecular weight is 333 g/mol. The molecular formula is C17H23N3O4. The molecule has 7 heteroatoms. The van der Waals surface area contributed by atoms with Crippen LogP contribution in [0.15, 0.2) is 36.0 Å². The molecule has 1 unspecified atom stereocenters. The molecule has 1 aromatic rings. The van der Waals surface area contributed by atoms with E-state index in [1.807, 2.05) is 37.3 Å². The van der Waals surface area contributed by atoms with E-state index in [0.29, 0.717) is 6.54 Å². The molecule has 0 saturated carbocycles. The molecule has 0 aliphatic carbocycles. The van der Waals surface area contributed by atoms with Gasteiger partial charge in [0.15, 0.2) is 6.29 Å². The Morgan fingerprint density at radius 3 is 2.38 bits per heavy atom. The van der Waals surface area contributed by atoms with Gasteiger partial charge in [-0.25, -0.2) is 0 Å². The average Bonchev–Trinajstić information content (AvgIpc) is 2.61. The molecule has 0 saturated heterocycles. The highest BCUT2D eigenvalue weighted by Crippen LogP contribution is 2.17. The van der Waals surface area contributed by atoms with Crippen LogP contribution in [-0.2, 0) is 14.3 Å². The van der Waals surface area contributed by atoms with E-state index in [1.165, 1.54) is 20.4 Å². The number of hydrogen-bond acceptors (Lipinski definition) is 6. The van der Waals surface area contributed by atoms with Crippen LogP contribution in [0.3, 0.4) is 0 Å². The van der Waals surface area contributed by atoms with Gasteiger partial charge in [0.1, 0.15) is 17.4 Å². The lowest BCUT2D eigenvalue weighted by Gasteiger charge is -2.15. The molecule has 0 aliphatic rings. The lowest BCUT2D eigenvalue weighted by molar-refractivity contribution is -0.117. The molecule has 0 fully saturated rings. The highest BCUT2D eigenvalue weighted by Gasteiger charge is 2.14. The third-order valence-corrected chi connectivity index (χ3v) is 3.39. The Labute approximate surface area is 142 Å². The molecule has 1 atom stereocenters. The number of amides is 1. The van der Waals surface area contributed by atoms with Crippen LogP contribution in [0.25, 0.3) is 0 Å². The van der Waals surface area contributed by atoms with Gasteiger partial charge in [0.05, 0.1) is 19.7 Å². The number of hydrogen-bond donors (Lipinski definition) is 2. The minimum absolute atomic E-state index is 0.0266. The molecular weight excluding hydrogens is 310 g/mol. The standard InChI is InChI=1S/C17H23N3O4/c1-12(13-5-7-15(22-2)8-6-13)20-17(21)14(9-18)10-19-11-16(23-3)24-4/h5-8,10,12,16,19H,11H2,1-4H3,(H,20,21)/b14-10-. The molecule has 0 aliphatic heterocycles. The molecule has 2 N–H and O–H groups in total. The topological polar surface area (TPSA) is 92.6 Å². The summed E-state index contributed by atoms with van der Waals surface area (Å²) >= 11 is 0. The fourth-order valence-corrected chi connectivity index (χ4v) is 1.92. The molecule has 1 rings (SSSR count). The van der Waals surface area contributed by atoms with Crippen LogP contribution in [0.5, 0.6) is 5.75 Å². The quantitative estimate of drug-likeness (QED) is 0.404. The largest absolute Gasteiger partial charge is 0.497 e. The van der Waals surface area contributed by atoms with Gasteiger partial charge in [0, 0.05) is 20.4 Å². The minimum Gasteiger partial charge on any atom is -0.497 e. The van der Waals surface area contributed by atoms with E-state index in [-0.39, 0.29) is 11.6 Å². The third kappa shape index (κ3) is 5.91. The summed E-state index contributed by atoms with van der Waals surface area (Å²) in [6, 6.07) is 8.98. The first-order chi connectivity index (χ1) is 11.5. The van der Waals surface area contributed by atoms with Gasteiger partial charge < -0.3 is 24.8 Å². The number of nitriles is 1. The van der Waals surface area contributed by atoms with Crippen molar-refractivity contribution in [1.29, 1.82) is 5.26 Å². The Morgan fingerprint density at radius 1 is 1.25 bits per heavy atom. The summed E-state index contributed by atoms with van der Waals surface area (Å²) < 4.78 is 15.1. The van der Waals surface area contributed by atoms with Crippen LogP contribution in [0, 0.1) is 11.3 Å². The van der Waals surface area contributed by atoms with E-state index in [1.54, 1.807) is 7.11 Å². The van der Waals surface area contributed by atoms with E-state index in [9.17, 15) is 4.79 Å². The Morgan fingerprint density at radius 2 is 1.88 bits per heavy atom. The zero-order chi connectivity index (χ0) is 17.9. The zero-order valence-corrected chi connectivity index (χ0v) is 14.3. The zero-order valence-electron chi connectivity index (χ0n) is 14.3. The normalized spacial score (nSPS) is 12.4. The summed E-state index contributed by atoms with van der Waals surface area (Å²) in [5.74, 6) is 0.282. The Bertz CT molecular complexity index is 589. The molecule has 7 nitrogen and oxygen atoms in total. The van der Waals surface area contributed by atoms with Gasteiger partial charge >= 0.3 is 0 Å². The summed E-state index contributed by atoms with van der Waals surface area (Å²) in [5, 5.41) is 14.7.